The van der Waals surface area contributed by atoms with Crippen LogP contribution in [0.25, 0.3) is 5.57 Å². The predicted molar refractivity (Wildman–Crippen MR) is 109 cm³/mol. The molecular formula is C24H33NO3. The van der Waals surface area contributed by atoms with E-state index in [0.29, 0.717) is 17.8 Å². The van der Waals surface area contributed by atoms with Gasteiger partial charge in [-0.2, -0.15) is 0 Å². The van der Waals surface area contributed by atoms with Gasteiger partial charge in [0, 0.05) is 25.4 Å². The fourth-order valence-electron chi connectivity index (χ4n) is 7.25. The third-order valence-electron chi connectivity index (χ3n) is 8.69. The lowest BCUT2D eigenvalue weighted by Crippen LogP contribution is -2.52. The number of aliphatic carboxylic acids is 1. The van der Waals surface area contributed by atoms with Crippen molar-refractivity contribution in [1.82, 2.24) is 4.98 Å². The molecule has 6 unspecified atom stereocenters. The van der Waals surface area contributed by atoms with Gasteiger partial charge in [0.15, 0.2) is 0 Å². The summed E-state index contributed by atoms with van der Waals surface area (Å²) in [7, 11) is 0. The number of carbonyl (C=O) groups is 1. The van der Waals surface area contributed by atoms with Crippen LogP contribution in [0, 0.1) is 34.5 Å². The lowest BCUT2D eigenvalue weighted by Gasteiger charge is -2.58. The summed E-state index contributed by atoms with van der Waals surface area (Å²) < 4.78 is 0. The molecule has 2 saturated carbocycles. The SMILES string of the molecule is CC12CCC3C(CCC(CC(=O)O)C3(C)CCO)C1CC=C2c1cccnc1. The fraction of sp³-hybridized carbons (Fsp3) is 0.667. The van der Waals surface area contributed by atoms with Crippen LogP contribution in [0.3, 0.4) is 0 Å². The van der Waals surface area contributed by atoms with Crippen molar-refractivity contribution >= 4 is 11.5 Å². The summed E-state index contributed by atoms with van der Waals surface area (Å²) in [5.74, 6) is 1.22. The summed E-state index contributed by atoms with van der Waals surface area (Å²) in [4.78, 5) is 15.8. The van der Waals surface area contributed by atoms with Crippen molar-refractivity contribution in [3.05, 3.63) is 36.2 Å². The van der Waals surface area contributed by atoms with Crippen LogP contribution in [0.15, 0.2) is 30.6 Å². The Morgan fingerprint density at radius 3 is 2.75 bits per heavy atom. The van der Waals surface area contributed by atoms with Crippen molar-refractivity contribution in [3.63, 3.8) is 0 Å². The molecule has 6 atom stereocenters. The van der Waals surface area contributed by atoms with E-state index in [-0.39, 0.29) is 29.8 Å². The minimum absolute atomic E-state index is 0.0750. The molecule has 4 heteroatoms. The number of carboxylic acid groups (broad SMARTS) is 1. The second kappa shape index (κ2) is 7.29. The molecule has 4 nitrogen and oxygen atoms in total. The van der Waals surface area contributed by atoms with Crippen molar-refractivity contribution < 1.29 is 15.0 Å². The van der Waals surface area contributed by atoms with Gasteiger partial charge < -0.3 is 10.2 Å². The Labute approximate surface area is 168 Å². The van der Waals surface area contributed by atoms with Gasteiger partial charge in [-0.1, -0.05) is 26.0 Å². The largest absolute Gasteiger partial charge is 0.481 e. The van der Waals surface area contributed by atoms with Crippen LogP contribution in [0.2, 0.25) is 0 Å². The van der Waals surface area contributed by atoms with Gasteiger partial charge in [0.1, 0.15) is 0 Å². The van der Waals surface area contributed by atoms with Crippen molar-refractivity contribution in [1.29, 1.82) is 0 Å². The standard InChI is InChI=1S/C24H33NO3/c1-23(11-13-26)17(14-22(27)28)5-6-18-20-8-7-19(16-4-3-12-25-15-16)24(20,2)10-9-21(18)23/h3-4,7,12,15,17-18,20-21,26H,5-6,8-11,13-14H2,1-2H3,(H,27,28). The Hall–Kier alpha value is -1.68. The van der Waals surface area contributed by atoms with E-state index in [1.54, 1.807) is 0 Å². The number of pyridine rings is 1. The fourth-order valence-corrected chi connectivity index (χ4v) is 7.25. The highest BCUT2D eigenvalue weighted by molar-refractivity contribution is 5.72. The summed E-state index contributed by atoms with van der Waals surface area (Å²) in [6.45, 7) is 4.85. The van der Waals surface area contributed by atoms with Gasteiger partial charge in [-0.05, 0) is 90.2 Å². The van der Waals surface area contributed by atoms with Gasteiger partial charge in [-0.3, -0.25) is 9.78 Å². The first-order valence-electron chi connectivity index (χ1n) is 10.8. The number of hydrogen-bond acceptors (Lipinski definition) is 3. The molecular weight excluding hydrogens is 350 g/mol. The molecule has 2 N–H and O–H groups in total. The van der Waals surface area contributed by atoms with Gasteiger partial charge in [-0.25, -0.2) is 0 Å². The Kier molecular flexibility index (Phi) is 5.11. The molecule has 2 fully saturated rings. The molecule has 3 aliphatic rings. The molecule has 3 aliphatic carbocycles. The van der Waals surface area contributed by atoms with E-state index in [0.717, 1.165) is 38.5 Å². The second-order valence-corrected chi connectivity index (χ2v) is 9.78. The average molecular weight is 384 g/mol. The first-order valence-corrected chi connectivity index (χ1v) is 10.8. The summed E-state index contributed by atoms with van der Waals surface area (Å²) in [6, 6.07) is 4.20. The summed E-state index contributed by atoms with van der Waals surface area (Å²) in [5.41, 5.74) is 2.82. The number of aromatic nitrogens is 1. The normalized spacial score (nSPS) is 39.8. The first kappa shape index (κ1) is 19.6. The highest BCUT2D eigenvalue weighted by Crippen LogP contribution is 2.66. The molecule has 0 radical (unpaired) electrons. The maximum Gasteiger partial charge on any atom is 0.303 e. The van der Waals surface area contributed by atoms with Gasteiger partial charge in [0.25, 0.3) is 0 Å². The van der Waals surface area contributed by atoms with Gasteiger partial charge in [0.2, 0.25) is 0 Å². The highest BCUT2D eigenvalue weighted by Gasteiger charge is 2.57. The minimum Gasteiger partial charge on any atom is -0.481 e. The monoisotopic (exact) mass is 383 g/mol. The lowest BCUT2D eigenvalue weighted by atomic mass is 9.46. The molecule has 1 aromatic heterocycles. The first-order chi connectivity index (χ1) is 13.4. The van der Waals surface area contributed by atoms with E-state index >= 15 is 0 Å². The maximum atomic E-state index is 11.5. The lowest BCUT2D eigenvalue weighted by molar-refractivity contribution is -0.144. The van der Waals surface area contributed by atoms with E-state index < -0.39 is 5.97 Å². The number of aliphatic hydroxyl groups is 1. The number of aliphatic hydroxyl groups excluding tert-OH is 1. The third kappa shape index (κ3) is 3.01. The summed E-state index contributed by atoms with van der Waals surface area (Å²) >= 11 is 0. The number of rotatable bonds is 5. The van der Waals surface area contributed by atoms with Crippen molar-refractivity contribution in [2.75, 3.05) is 6.61 Å². The molecule has 0 bridgehead atoms. The van der Waals surface area contributed by atoms with Gasteiger partial charge >= 0.3 is 5.97 Å². The molecule has 0 spiro atoms. The van der Waals surface area contributed by atoms with Crippen LogP contribution in [0.4, 0.5) is 0 Å². The van der Waals surface area contributed by atoms with E-state index in [4.69, 9.17) is 0 Å². The zero-order chi connectivity index (χ0) is 19.9. The molecule has 28 heavy (non-hydrogen) atoms. The molecule has 0 saturated heterocycles. The number of fused-ring (bicyclic) bond motifs is 3. The van der Waals surface area contributed by atoms with E-state index in [1.807, 2.05) is 18.5 Å². The smallest absolute Gasteiger partial charge is 0.303 e. The van der Waals surface area contributed by atoms with E-state index in [9.17, 15) is 15.0 Å². The van der Waals surface area contributed by atoms with Crippen LogP contribution in [0.5, 0.6) is 0 Å². The van der Waals surface area contributed by atoms with Crippen LogP contribution in [0.1, 0.15) is 64.4 Å². The molecule has 4 rings (SSSR count). The molecule has 1 aromatic rings. The van der Waals surface area contributed by atoms with Crippen LogP contribution in [-0.2, 0) is 4.79 Å². The zero-order valence-electron chi connectivity index (χ0n) is 17.1. The zero-order valence-corrected chi connectivity index (χ0v) is 17.1. The van der Waals surface area contributed by atoms with Gasteiger partial charge in [-0.15, -0.1) is 0 Å². The Morgan fingerprint density at radius 2 is 2.07 bits per heavy atom. The second-order valence-electron chi connectivity index (χ2n) is 9.78. The van der Waals surface area contributed by atoms with E-state index in [2.05, 4.69) is 31.0 Å². The third-order valence-corrected chi connectivity index (χ3v) is 8.69. The van der Waals surface area contributed by atoms with Crippen LogP contribution in [-0.4, -0.2) is 27.8 Å². The quantitative estimate of drug-likeness (QED) is 0.767. The van der Waals surface area contributed by atoms with Crippen LogP contribution >= 0.6 is 0 Å². The number of allylic oxidation sites excluding steroid dienone is 2. The Balaban J connectivity index is 1.62. The van der Waals surface area contributed by atoms with Crippen molar-refractivity contribution in [3.8, 4) is 0 Å². The molecule has 1 heterocycles. The number of hydrogen-bond donors (Lipinski definition) is 2. The topological polar surface area (TPSA) is 70.4 Å². The maximum absolute atomic E-state index is 11.5. The summed E-state index contributed by atoms with van der Waals surface area (Å²) in [6.07, 6.45) is 12.7. The Bertz CT molecular complexity index is 760. The number of carboxylic acids is 1. The van der Waals surface area contributed by atoms with Gasteiger partial charge in [0.05, 0.1) is 0 Å². The minimum atomic E-state index is -0.699. The van der Waals surface area contributed by atoms with Crippen LogP contribution < -0.4 is 0 Å². The molecule has 0 aromatic carbocycles. The highest BCUT2D eigenvalue weighted by atomic mass is 16.4. The number of nitrogens with zero attached hydrogens (tertiary/aromatic N) is 1. The average Bonchev–Trinajstić information content (AvgIpc) is 3.02. The molecule has 152 valence electrons. The van der Waals surface area contributed by atoms with Crippen molar-refractivity contribution in [2.45, 2.75) is 58.8 Å². The van der Waals surface area contributed by atoms with E-state index in [1.165, 1.54) is 11.1 Å². The summed E-state index contributed by atoms with van der Waals surface area (Å²) in [5, 5.41) is 19.2. The Morgan fingerprint density at radius 1 is 1.25 bits per heavy atom. The molecule has 0 amide bonds. The molecule has 0 aliphatic heterocycles. The predicted octanol–water partition coefficient (Wildman–Crippen LogP) is 4.79. The van der Waals surface area contributed by atoms with Crippen molar-refractivity contribution in [2.24, 2.45) is 34.5 Å².